The summed E-state index contributed by atoms with van der Waals surface area (Å²) in [5, 5.41) is 6.01. The van der Waals surface area contributed by atoms with Crippen molar-refractivity contribution in [2.24, 2.45) is 0 Å². The second-order valence-electron chi connectivity index (χ2n) is 12.4. The van der Waals surface area contributed by atoms with Crippen LogP contribution in [-0.4, -0.2) is 13.3 Å². The molecule has 0 amide bonds. The van der Waals surface area contributed by atoms with E-state index in [2.05, 4.69) is 127 Å². The molecule has 0 radical (unpaired) electrons. The van der Waals surface area contributed by atoms with Gasteiger partial charge in [-0.15, -0.1) is 0 Å². The summed E-state index contributed by atoms with van der Waals surface area (Å²) in [5.41, 5.74) is 12.5. The number of benzene rings is 7. The Hall–Kier alpha value is -4.71. The molecule has 43 heavy (non-hydrogen) atoms. The molecular formula is C41H29OP. The van der Waals surface area contributed by atoms with Crippen LogP contribution in [0.5, 0.6) is 0 Å². The maximum absolute atomic E-state index is 12.7. The van der Waals surface area contributed by atoms with E-state index in [1.807, 2.05) is 25.5 Å². The van der Waals surface area contributed by atoms with Crippen LogP contribution in [0.25, 0.3) is 54.9 Å². The van der Waals surface area contributed by atoms with E-state index in [1.165, 1.54) is 71.6 Å². The van der Waals surface area contributed by atoms with Crippen LogP contribution in [0.15, 0.2) is 140 Å². The zero-order chi connectivity index (χ0) is 28.9. The van der Waals surface area contributed by atoms with Crippen LogP contribution in [-0.2, 0) is 9.98 Å². The SMILES string of the molecule is CP(C)(=O)c1ccc(-c2ccc3c(c2)C2(c4cc5ccccc5cc4-3)c3ccccc3-c3c2ccc2ccccc32)cc1. The first-order chi connectivity index (χ1) is 20.9. The molecule has 0 fully saturated rings. The molecule has 0 saturated carbocycles. The van der Waals surface area contributed by atoms with Gasteiger partial charge in [-0.05, 0) is 109 Å². The molecule has 0 aromatic heterocycles. The second-order valence-corrected chi connectivity index (χ2v) is 15.6. The molecular weight excluding hydrogens is 539 g/mol. The molecule has 2 aliphatic carbocycles. The molecule has 1 unspecified atom stereocenters. The fourth-order valence-electron chi connectivity index (χ4n) is 7.83. The Morgan fingerprint density at radius 2 is 1.12 bits per heavy atom. The van der Waals surface area contributed by atoms with Gasteiger partial charge in [-0.1, -0.05) is 121 Å². The van der Waals surface area contributed by atoms with Gasteiger partial charge in [-0.2, -0.15) is 0 Å². The second kappa shape index (κ2) is 8.66. The van der Waals surface area contributed by atoms with Gasteiger partial charge < -0.3 is 4.57 Å². The predicted molar refractivity (Wildman–Crippen MR) is 182 cm³/mol. The highest BCUT2D eigenvalue weighted by atomic mass is 31.2. The van der Waals surface area contributed by atoms with Crippen LogP contribution in [0.3, 0.4) is 0 Å². The lowest BCUT2D eigenvalue weighted by Gasteiger charge is -2.31. The molecule has 7 aromatic carbocycles. The van der Waals surface area contributed by atoms with E-state index in [9.17, 15) is 4.57 Å². The highest BCUT2D eigenvalue weighted by Crippen LogP contribution is 2.64. The number of hydrogen-bond acceptors (Lipinski definition) is 1. The van der Waals surface area contributed by atoms with Gasteiger partial charge in [0.25, 0.3) is 0 Å². The molecule has 2 heteroatoms. The summed E-state index contributed by atoms with van der Waals surface area (Å²) in [5.74, 6) is 0. The van der Waals surface area contributed by atoms with Crippen LogP contribution >= 0.6 is 7.14 Å². The summed E-state index contributed by atoms with van der Waals surface area (Å²) in [6.07, 6.45) is 0. The van der Waals surface area contributed by atoms with E-state index in [0.29, 0.717) is 0 Å². The van der Waals surface area contributed by atoms with Gasteiger partial charge >= 0.3 is 0 Å². The maximum atomic E-state index is 12.7. The zero-order valence-electron chi connectivity index (χ0n) is 24.1. The molecule has 1 spiro atoms. The summed E-state index contributed by atoms with van der Waals surface area (Å²) in [4.78, 5) is 0. The van der Waals surface area contributed by atoms with Crippen molar-refractivity contribution in [3.8, 4) is 33.4 Å². The number of fused-ring (bicyclic) bond motifs is 13. The summed E-state index contributed by atoms with van der Waals surface area (Å²) in [6.45, 7) is 3.67. The summed E-state index contributed by atoms with van der Waals surface area (Å²) in [6, 6.07) is 51.4. The van der Waals surface area contributed by atoms with Crippen LogP contribution in [0.2, 0.25) is 0 Å². The van der Waals surface area contributed by atoms with Gasteiger partial charge in [0.2, 0.25) is 0 Å². The Labute approximate surface area is 251 Å². The lowest BCUT2D eigenvalue weighted by molar-refractivity contribution is 0.588. The van der Waals surface area contributed by atoms with Crippen LogP contribution < -0.4 is 5.30 Å². The molecule has 204 valence electrons. The van der Waals surface area contributed by atoms with Crippen LogP contribution in [0, 0.1) is 0 Å². The standard InChI is InChI=1S/C41H29OP/c1-43(2,42)31-19-15-26(16-20-31)30-17-21-33-35-23-28-10-3-4-11-29(28)24-39(35)41(38(33)25-30)36-14-8-7-13-34(36)40-32-12-6-5-9-27(32)18-22-37(40)41/h3-25H,1-2H3. The minimum absolute atomic E-state index is 0.427. The lowest BCUT2D eigenvalue weighted by atomic mass is 9.70. The normalized spacial score (nSPS) is 16.3. The molecule has 0 bridgehead atoms. The van der Waals surface area contributed by atoms with Crippen molar-refractivity contribution in [1.29, 1.82) is 0 Å². The summed E-state index contributed by atoms with van der Waals surface area (Å²) < 4.78 is 12.7. The van der Waals surface area contributed by atoms with Crippen molar-refractivity contribution in [1.82, 2.24) is 0 Å². The monoisotopic (exact) mass is 568 g/mol. The molecule has 0 saturated heterocycles. The van der Waals surface area contributed by atoms with Crippen LogP contribution in [0.4, 0.5) is 0 Å². The zero-order valence-corrected chi connectivity index (χ0v) is 25.0. The molecule has 1 atom stereocenters. The van der Waals surface area contributed by atoms with Crippen molar-refractivity contribution >= 4 is 34.0 Å². The summed E-state index contributed by atoms with van der Waals surface area (Å²) >= 11 is 0. The third-order valence-electron chi connectivity index (χ3n) is 9.76. The van der Waals surface area contributed by atoms with E-state index in [1.54, 1.807) is 0 Å². The van der Waals surface area contributed by atoms with Gasteiger partial charge in [-0.3, -0.25) is 0 Å². The van der Waals surface area contributed by atoms with E-state index in [4.69, 9.17) is 0 Å². The smallest absolute Gasteiger partial charge is 0.109 e. The number of rotatable bonds is 2. The van der Waals surface area contributed by atoms with Crippen LogP contribution in [0.1, 0.15) is 22.3 Å². The fraction of sp³-hybridized carbons (Fsp3) is 0.0732. The first kappa shape index (κ1) is 24.8. The average Bonchev–Trinajstić information content (AvgIpc) is 3.50. The van der Waals surface area contributed by atoms with E-state index in [-0.39, 0.29) is 0 Å². The Morgan fingerprint density at radius 1 is 0.465 bits per heavy atom. The molecule has 9 rings (SSSR count). The van der Waals surface area contributed by atoms with Gasteiger partial charge in [0.1, 0.15) is 7.14 Å². The van der Waals surface area contributed by atoms with Gasteiger partial charge in [0, 0.05) is 5.30 Å². The van der Waals surface area contributed by atoms with E-state index < -0.39 is 12.6 Å². The minimum atomic E-state index is -2.32. The summed E-state index contributed by atoms with van der Waals surface area (Å²) in [7, 11) is -2.32. The maximum Gasteiger partial charge on any atom is 0.109 e. The molecule has 0 aliphatic heterocycles. The Bertz CT molecular complexity index is 2340. The molecule has 0 heterocycles. The molecule has 0 N–H and O–H groups in total. The van der Waals surface area contributed by atoms with Gasteiger partial charge in [0.05, 0.1) is 5.41 Å². The minimum Gasteiger partial charge on any atom is -0.319 e. The van der Waals surface area contributed by atoms with Gasteiger partial charge in [-0.25, -0.2) is 0 Å². The Morgan fingerprint density at radius 3 is 1.91 bits per heavy atom. The number of hydrogen-bond donors (Lipinski definition) is 0. The Balaban J connectivity index is 1.40. The quantitative estimate of drug-likeness (QED) is 0.190. The fourth-order valence-corrected chi connectivity index (χ4v) is 8.70. The predicted octanol–water partition coefficient (Wildman–Crippen LogP) is 10.3. The highest BCUT2D eigenvalue weighted by molar-refractivity contribution is 7.70. The molecule has 7 aromatic rings. The van der Waals surface area contributed by atoms with Crippen molar-refractivity contribution in [2.75, 3.05) is 13.3 Å². The third-order valence-corrected chi connectivity index (χ3v) is 11.3. The third kappa shape index (κ3) is 3.32. The average molecular weight is 569 g/mol. The highest BCUT2D eigenvalue weighted by Gasteiger charge is 2.52. The van der Waals surface area contributed by atoms with E-state index in [0.717, 1.165) is 10.9 Å². The van der Waals surface area contributed by atoms with E-state index >= 15 is 0 Å². The first-order valence-corrected chi connectivity index (χ1v) is 17.5. The van der Waals surface area contributed by atoms with Crippen molar-refractivity contribution in [2.45, 2.75) is 5.41 Å². The van der Waals surface area contributed by atoms with Gasteiger partial charge in [0.15, 0.2) is 0 Å². The molecule has 1 nitrogen and oxygen atoms in total. The topological polar surface area (TPSA) is 17.1 Å². The van der Waals surface area contributed by atoms with Crippen molar-refractivity contribution < 1.29 is 4.57 Å². The largest absolute Gasteiger partial charge is 0.319 e. The van der Waals surface area contributed by atoms with Crippen molar-refractivity contribution in [3.63, 3.8) is 0 Å². The van der Waals surface area contributed by atoms with Crippen molar-refractivity contribution in [3.05, 3.63) is 162 Å². The Kier molecular flexibility index (Phi) is 5.01. The first-order valence-electron chi connectivity index (χ1n) is 14.9. The molecule has 2 aliphatic rings. The lowest BCUT2D eigenvalue weighted by Crippen LogP contribution is -2.26.